The van der Waals surface area contributed by atoms with E-state index in [2.05, 4.69) is 50.2 Å². The van der Waals surface area contributed by atoms with Gasteiger partial charge in [0, 0.05) is 26.9 Å². The summed E-state index contributed by atoms with van der Waals surface area (Å²) >= 11 is 15.8. The van der Waals surface area contributed by atoms with Gasteiger partial charge in [0.05, 0.1) is 11.7 Å². The SMILES string of the molecule is Cc1ccc(-c2ccc(C3C(c4ccccn4)NC(=S)N3c3ccc(Br)c(C)c3)o2)cc1Cl. The van der Waals surface area contributed by atoms with E-state index in [0.717, 1.165) is 44.1 Å². The van der Waals surface area contributed by atoms with E-state index in [1.807, 2.05) is 61.5 Å². The van der Waals surface area contributed by atoms with Crippen molar-refractivity contribution in [3.8, 4) is 11.3 Å². The molecule has 1 N–H and O–H groups in total. The summed E-state index contributed by atoms with van der Waals surface area (Å²) in [4.78, 5) is 6.71. The van der Waals surface area contributed by atoms with Crippen LogP contribution in [0.2, 0.25) is 5.02 Å². The van der Waals surface area contributed by atoms with E-state index in [-0.39, 0.29) is 12.1 Å². The van der Waals surface area contributed by atoms with Crippen LogP contribution in [0.4, 0.5) is 5.69 Å². The Bertz CT molecular complexity index is 1340. The van der Waals surface area contributed by atoms with Crippen LogP contribution in [0.3, 0.4) is 0 Å². The van der Waals surface area contributed by atoms with Crippen molar-refractivity contribution in [2.75, 3.05) is 4.90 Å². The second-order valence-electron chi connectivity index (χ2n) is 8.10. The Morgan fingerprint density at radius 1 is 1.03 bits per heavy atom. The van der Waals surface area contributed by atoms with Gasteiger partial charge in [-0.25, -0.2) is 0 Å². The first-order chi connectivity index (χ1) is 15.9. The number of nitrogens with zero attached hydrogens (tertiary/aromatic N) is 2. The number of anilines is 1. The summed E-state index contributed by atoms with van der Waals surface area (Å²) in [5.74, 6) is 1.56. The highest BCUT2D eigenvalue weighted by Gasteiger charge is 2.42. The summed E-state index contributed by atoms with van der Waals surface area (Å²) in [5, 5.41) is 4.82. The molecular weight excluding hydrogens is 518 g/mol. The topological polar surface area (TPSA) is 41.3 Å². The first kappa shape index (κ1) is 22.1. The Kier molecular flexibility index (Phi) is 5.99. The van der Waals surface area contributed by atoms with Gasteiger partial charge in [-0.05, 0) is 85.7 Å². The highest BCUT2D eigenvalue weighted by molar-refractivity contribution is 9.10. The predicted molar refractivity (Wildman–Crippen MR) is 141 cm³/mol. The molecular formula is C26H21BrClN3OS. The zero-order valence-corrected chi connectivity index (χ0v) is 21.2. The van der Waals surface area contributed by atoms with Crippen molar-refractivity contribution in [2.24, 2.45) is 0 Å². The number of benzene rings is 2. The number of thiocarbonyl (C=S) groups is 1. The largest absolute Gasteiger partial charge is 0.459 e. The lowest BCUT2D eigenvalue weighted by molar-refractivity contribution is 0.439. The van der Waals surface area contributed by atoms with Gasteiger partial charge in [-0.1, -0.05) is 45.7 Å². The van der Waals surface area contributed by atoms with Crippen LogP contribution in [0.15, 0.2) is 81.8 Å². The molecule has 0 saturated carbocycles. The number of halogens is 2. The van der Waals surface area contributed by atoms with Crippen LogP contribution < -0.4 is 10.2 Å². The van der Waals surface area contributed by atoms with Gasteiger partial charge < -0.3 is 14.6 Å². The van der Waals surface area contributed by atoms with Crippen LogP contribution in [-0.4, -0.2) is 10.1 Å². The maximum Gasteiger partial charge on any atom is 0.174 e. The van der Waals surface area contributed by atoms with Gasteiger partial charge in [0.2, 0.25) is 0 Å². The molecule has 5 rings (SSSR count). The van der Waals surface area contributed by atoms with E-state index in [1.165, 1.54) is 0 Å². The molecule has 1 fully saturated rings. The highest BCUT2D eigenvalue weighted by Crippen LogP contribution is 2.43. The molecule has 1 aliphatic rings. The summed E-state index contributed by atoms with van der Waals surface area (Å²) in [6, 6.07) is 21.7. The molecule has 0 aliphatic carbocycles. The number of rotatable bonds is 4. The lowest BCUT2D eigenvalue weighted by atomic mass is 10.0. The summed E-state index contributed by atoms with van der Waals surface area (Å²) in [6.45, 7) is 4.05. The smallest absolute Gasteiger partial charge is 0.174 e. The molecule has 4 nitrogen and oxygen atoms in total. The average molecular weight is 539 g/mol. The molecule has 166 valence electrons. The maximum atomic E-state index is 6.42. The fourth-order valence-corrected chi connectivity index (χ4v) is 4.89. The third kappa shape index (κ3) is 4.19. The van der Waals surface area contributed by atoms with Crippen LogP contribution >= 0.6 is 39.7 Å². The fraction of sp³-hybridized carbons (Fsp3) is 0.154. The highest BCUT2D eigenvalue weighted by atomic mass is 79.9. The first-order valence-corrected chi connectivity index (χ1v) is 12.1. The van der Waals surface area contributed by atoms with E-state index in [4.69, 9.17) is 28.2 Å². The van der Waals surface area contributed by atoms with E-state index >= 15 is 0 Å². The summed E-state index contributed by atoms with van der Waals surface area (Å²) in [5.41, 5.74) is 4.99. The number of aryl methyl sites for hydroxylation is 2. The fourth-order valence-electron chi connectivity index (χ4n) is 4.11. The van der Waals surface area contributed by atoms with Crippen molar-refractivity contribution in [2.45, 2.75) is 25.9 Å². The molecule has 4 aromatic rings. The van der Waals surface area contributed by atoms with Crippen LogP contribution in [0.5, 0.6) is 0 Å². The molecule has 0 amide bonds. The zero-order chi connectivity index (χ0) is 23.1. The molecule has 2 atom stereocenters. The third-order valence-corrected chi connectivity index (χ3v) is 7.50. The molecule has 2 unspecified atom stereocenters. The number of hydrogen-bond donors (Lipinski definition) is 1. The quantitative estimate of drug-likeness (QED) is 0.272. The standard InChI is InChI=1S/C26H21BrClN3OS/c1-15-6-7-17(14-20(15)28)22-10-11-23(32-22)25-24(21-5-3-4-12-29-21)30-26(33)31(25)18-8-9-19(27)16(2)13-18/h3-14,24-25H,1-2H3,(H,30,33). The van der Waals surface area contributed by atoms with Crippen LogP contribution in [0, 0.1) is 13.8 Å². The van der Waals surface area contributed by atoms with E-state index < -0.39 is 0 Å². The van der Waals surface area contributed by atoms with E-state index in [1.54, 1.807) is 6.20 Å². The predicted octanol–water partition coefficient (Wildman–Crippen LogP) is 7.55. The van der Waals surface area contributed by atoms with Crippen molar-refractivity contribution in [1.82, 2.24) is 10.3 Å². The van der Waals surface area contributed by atoms with Crippen LogP contribution in [-0.2, 0) is 0 Å². The second-order valence-corrected chi connectivity index (χ2v) is 9.74. The molecule has 0 spiro atoms. The van der Waals surface area contributed by atoms with Crippen molar-refractivity contribution in [3.63, 3.8) is 0 Å². The molecule has 1 aliphatic heterocycles. The van der Waals surface area contributed by atoms with Crippen molar-refractivity contribution in [3.05, 3.63) is 105 Å². The Labute approximate surface area is 211 Å². The van der Waals surface area contributed by atoms with Gasteiger partial charge in [0.25, 0.3) is 0 Å². The van der Waals surface area contributed by atoms with Crippen molar-refractivity contribution < 1.29 is 4.42 Å². The number of aromatic nitrogens is 1. The second kappa shape index (κ2) is 8.93. The van der Waals surface area contributed by atoms with Gasteiger partial charge >= 0.3 is 0 Å². The Hall–Kier alpha value is -2.67. The van der Waals surface area contributed by atoms with Crippen LogP contribution in [0.25, 0.3) is 11.3 Å². The molecule has 7 heteroatoms. The Morgan fingerprint density at radius 3 is 2.61 bits per heavy atom. The van der Waals surface area contributed by atoms with Crippen molar-refractivity contribution >= 4 is 50.5 Å². The average Bonchev–Trinajstić information content (AvgIpc) is 3.43. The molecule has 33 heavy (non-hydrogen) atoms. The minimum atomic E-state index is -0.206. The molecule has 3 heterocycles. The normalized spacial score (nSPS) is 17.9. The third-order valence-electron chi connectivity index (χ3n) is 5.89. The van der Waals surface area contributed by atoms with Gasteiger partial charge in [-0.3, -0.25) is 4.98 Å². The molecule has 2 aromatic heterocycles. The van der Waals surface area contributed by atoms with Crippen molar-refractivity contribution in [1.29, 1.82) is 0 Å². The number of pyridine rings is 1. The molecule has 0 radical (unpaired) electrons. The number of nitrogens with one attached hydrogen (secondary N) is 1. The Balaban J connectivity index is 1.61. The maximum absolute atomic E-state index is 6.42. The molecule has 2 aromatic carbocycles. The van der Waals surface area contributed by atoms with E-state index in [0.29, 0.717) is 10.1 Å². The van der Waals surface area contributed by atoms with Gasteiger partial charge in [-0.15, -0.1) is 0 Å². The first-order valence-electron chi connectivity index (χ1n) is 10.6. The molecule has 1 saturated heterocycles. The van der Waals surface area contributed by atoms with Gasteiger partial charge in [0.1, 0.15) is 17.6 Å². The Morgan fingerprint density at radius 2 is 1.88 bits per heavy atom. The lowest BCUT2D eigenvalue weighted by Crippen LogP contribution is -2.29. The van der Waals surface area contributed by atoms with Crippen LogP contribution in [0.1, 0.15) is 34.7 Å². The number of furan rings is 1. The number of hydrogen-bond acceptors (Lipinski definition) is 3. The minimum Gasteiger partial charge on any atom is -0.459 e. The van der Waals surface area contributed by atoms with E-state index in [9.17, 15) is 0 Å². The minimum absolute atomic E-state index is 0.164. The summed E-state index contributed by atoms with van der Waals surface area (Å²) in [6.07, 6.45) is 1.80. The summed E-state index contributed by atoms with van der Waals surface area (Å²) in [7, 11) is 0. The molecule has 0 bridgehead atoms. The lowest BCUT2D eigenvalue weighted by Gasteiger charge is -2.26. The van der Waals surface area contributed by atoms with Gasteiger partial charge in [-0.2, -0.15) is 0 Å². The zero-order valence-electron chi connectivity index (χ0n) is 18.0. The van der Waals surface area contributed by atoms with Gasteiger partial charge in [0.15, 0.2) is 5.11 Å². The summed E-state index contributed by atoms with van der Waals surface area (Å²) < 4.78 is 7.47. The monoisotopic (exact) mass is 537 g/mol.